The third kappa shape index (κ3) is 3.65. The Kier molecular flexibility index (Phi) is 6.27. The molecule has 0 radical (unpaired) electrons. The second-order valence-corrected chi connectivity index (χ2v) is 5.62. The van der Waals surface area contributed by atoms with Gasteiger partial charge in [-0.05, 0) is 0 Å². The van der Waals surface area contributed by atoms with Crippen molar-refractivity contribution in [2.24, 2.45) is 5.73 Å². The zero-order valence-corrected chi connectivity index (χ0v) is 12.1. The molecule has 9 N–H and O–H groups in total. The fourth-order valence-corrected chi connectivity index (χ4v) is 2.54. The van der Waals surface area contributed by atoms with E-state index >= 15 is 0 Å². The average molecular weight is 341 g/mol. The summed E-state index contributed by atoms with van der Waals surface area (Å²) in [5.74, 6) is 0. The zero-order chi connectivity index (χ0) is 17.3. The normalized spacial score (nSPS) is 51.7. The van der Waals surface area contributed by atoms with Crippen LogP contribution >= 0.6 is 0 Å². The van der Waals surface area contributed by atoms with Gasteiger partial charge in [0.1, 0.15) is 42.7 Å². The van der Waals surface area contributed by atoms with E-state index in [1.165, 1.54) is 0 Å². The quantitative estimate of drug-likeness (QED) is 0.243. The van der Waals surface area contributed by atoms with Crippen LogP contribution in [0.25, 0.3) is 0 Å². The Balaban J connectivity index is 2.07. The highest BCUT2D eigenvalue weighted by Gasteiger charge is 2.49. The van der Waals surface area contributed by atoms with Crippen LogP contribution in [0.5, 0.6) is 0 Å². The van der Waals surface area contributed by atoms with E-state index in [1.54, 1.807) is 0 Å². The van der Waals surface area contributed by atoms with E-state index in [2.05, 4.69) is 0 Å². The lowest BCUT2D eigenvalue weighted by molar-refractivity contribution is -0.368. The Morgan fingerprint density at radius 2 is 1.17 bits per heavy atom. The summed E-state index contributed by atoms with van der Waals surface area (Å²) >= 11 is 0. The minimum absolute atomic E-state index is 0.587. The molecule has 0 aliphatic carbocycles. The first-order valence-electron chi connectivity index (χ1n) is 7.15. The Labute approximate surface area is 131 Å². The molecule has 0 bridgehead atoms. The SMILES string of the molecule is N[C@H]1[C@H](O)[C@@H](CO)OC(OC2O[C@H](CO)[C@@H](O)[C@H](O)[C@@H]2O)[C@H]1O. The molecule has 23 heavy (non-hydrogen) atoms. The number of ether oxygens (including phenoxy) is 3. The van der Waals surface area contributed by atoms with Crippen LogP contribution in [-0.4, -0.2) is 110 Å². The van der Waals surface area contributed by atoms with Crippen LogP contribution in [0.1, 0.15) is 0 Å². The maximum absolute atomic E-state index is 9.96. The second-order valence-electron chi connectivity index (χ2n) is 5.62. The van der Waals surface area contributed by atoms with Crippen LogP contribution in [0.3, 0.4) is 0 Å². The highest BCUT2D eigenvalue weighted by Crippen LogP contribution is 2.27. The molecule has 2 fully saturated rings. The third-order valence-corrected chi connectivity index (χ3v) is 4.05. The van der Waals surface area contributed by atoms with Crippen LogP contribution in [0.2, 0.25) is 0 Å². The molecular weight excluding hydrogens is 318 g/mol. The molecular formula is C12H23NO10. The van der Waals surface area contributed by atoms with Crippen molar-refractivity contribution in [3.8, 4) is 0 Å². The molecule has 0 aromatic rings. The van der Waals surface area contributed by atoms with E-state index < -0.39 is 74.6 Å². The largest absolute Gasteiger partial charge is 0.394 e. The topological polar surface area (TPSA) is 195 Å². The summed E-state index contributed by atoms with van der Waals surface area (Å²) in [6.07, 6.45) is -13.0. The van der Waals surface area contributed by atoms with E-state index in [9.17, 15) is 25.5 Å². The molecule has 2 heterocycles. The van der Waals surface area contributed by atoms with Gasteiger partial charge in [-0.15, -0.1) is 0 Å². The summed E-state index contributed by atoms with van der Waals surface area (Å²) in [4.78, 5) is 0. The number of aliphatic hydroxyl groups excluding tert-OH is 7. The van der Waals surface area contributed by atoms with Crippen LogP contribution in [-0.2, 0) is 14.2 Å². The van der Waals surface area contributed by atoms with Crippen LogP contribution < -0.4 is 5.73 Å². The molecule has 0 amide bonds. The van der Waals surface area contributed by atoms with Gasteiger partial charge in [-0.3, -0.25) is 0 Å². The highest BCUT2D eigenvalue weighted by molar-refractivity contribution is 4.93. The molecule has 0 aromatic carbocycles. The summed E-state index contributed by atoms with van der Waals surface area (Å²) in [6, 6.07) is -1.18. The summed E-state index contributed by atoms with van der Waals surface area (Å²) in [5.41, 5.74) is 5.62. The number of nitrogens with two attached hydrogens (primary N) is 1. The van der Waals surface area contributed by atoms with Crippen molar-refractivity contribution in [1.29, 1.82) is 0 Å². The summed E-state index contributed by atoms with van der Waals surface area (Å²) in [7, 11) is 0. The molecule has 2 saturated heterocycles. The molecule has 2 aliphatic heterocycles. The van der Waals surface area contributed by atoms with Gasteiger partial charge >= 0.3 is 0 Å². The van der Waals surface area contributed by atoms with Crippen LogP contribution in [0.4, 0.5) is 0 Å². The molecule has 0 spiro atoms. The van der Waals surface area contributed by atoms with Crippen molar-refractivity contribution in [1.82, 2.24) is 0 Å². The lowest BCUT2D eigenvalue weighted by Gasteiger charge is -2.44. The lowest BCUT2D eigenvalue weighted by atomic mass is 9.97. The first-order valence-corrected chi connectivity index (χ1v) is 7.15. The fourth-order valence-electron chi connectivity index (χ4n) is 2.54. The van der Waals surface area contributed by atoms with Gasteiger partial charge in [0.05, 0.1) is 19.3 Å². The van der Waals surface area contributed by atoms with Gasteiger partial charge < -0.3 is 55.7 Å². The van der Waals surface area contributed by atoms with Gasteiger partial charge in [-0.1, -0.05) is 0 Å². The minimum atomic E-state index is -1.68. The van der Waals surface area contributed by atoms with Gasteiger partial charge in [0.15, 0.2) is 12.6 Å². The molecule has 0 saturated carbocycles. The molecule has 11 nitrogen and oxygen atoms in total. The first-order chi connectivity index (χ1) is 10.8. The van der Waals surface area contributed by atoms with Gasteiger partial charge in [0.2, 0.25) is 0 Å². The Bertz CT molecular complexity index is 349. The number of hydrogen-bond donors (Lipinski definition) is 8. The Hall–Kier alpha value is -0.440. The molecule has 2 aliphatic rings. The van der Waals surface area contributed by atoms with Gasteiger partial charge in [-0.2, -0.15) is 0 Å². The van der Waals surface area contributed by atoms with Gasteiger partial charge in [-0.25, -0.2) is 0 Å². The second kappa shape index (κ2) is 7.63. The van der Waals surface area contributed by atoms with Crippen LogP contribution in [0, 0.1) is 0 Å². The fraction of sp³-hybridized carbons (Fsp3) is 1.00. The molecule has 2 rings (SSSR count). The molecule has 10 atom stereocenters. The minimum Gasteiger partial charge on any atom is -0.394 e. The zero-order valence-electron chi connectivity index (χ0n) is 12.1. The predicted molar refractivity (Wildman–Crippen MR) is 70.6 cm³/mol. The maximum atomic E-state index is 9.96. The van der Waals surface area contributed by atoms with Gasteiger partial charge in [0, 0.05) is 0 Å². The van der Waals surface area contributed by atoms with Crippen molar-refractivity contribution in [3.05, 3.63) is 0 Å². The van der Waals surface area contributed by atoms with Crippen molar-refractivity contribution < 1.29 is 50.0 Å². The smallest absolute Gasteiger partial charge is 0.189 e. The Morgan fingerprint density at radius 1 is 0.696 bits per heavy atom. The van der Waals surface area contributed by atoms with Crippen LogP contribution in [0.15, 0.2) is 0 Å². The molecule has 136 valence electrons. The van der Waals surface area contributed by atoms with E-state index in [0.717, 1.165) is 0 Å². The summed E-state index contributed by atoms with van der Waals surface area (Å²) < 4.78 is 15.5. The lowest BCUT2D eigenvalue weighted by Crippen LogP contribution is -2.65. The molecule has 0 aromatic heterocycles. The van der Waals surface area contributed by atoms with E-state index in [0.29, 0.717) is 0 Å². The molecule has 11 heteroatoms. The third-order valence-electron chi connectivity index (χ3n) is 4.05. The van der Waals surface area contributed by atoms with E-state index in [4.69, 9.17) is 30.2 Å². The summed E-state index contributed by atoms with van der Waals surface area (Å²) in [6.45, 7) is -1.23. The van der Waals surface area contributed by atoms with Gasteiger partial charge in [0.25, 0.3) is 0 Å². The van der Waals surface area contributed by atoms with Crippen molar-refractivity contribution in [2.75, 3.05) is 13.2 Å². The first kappa shape index (κ1) is 18.9. The molecule has 2 unspecified atom stereocenters. The number of rotatable bonds is 4. The number of hydrogen-bond acceptors (Lipinski definition) is 11. The van der Waals surface area contributed by atoms with Crippen molar-refractivity contribution in [3.63, 3.8) is 0 Å². The maximum Gasteiger partial charge on any atom is 0.189 e. The number of aliphatic hydroxyl groups is 7. The van der Waals surface area contributed by atoms with E-state index in [1.807, 2.05) is 0 Å². The average Bonchev–Trinajstić information content (AvgIpc) is 2.55. The standard InChI is InChI=1S/C12H23NO10/c13-5-6(16)3(1-14)21-11(8(5)18)23-12-10(20)9(19)7(17)4(2-15)22-12/h3-12,14-20H,1-2,13H2/t3-,4-,5+,6-,7-,8+,9+,10+,11?,12?/m1/s1. The van der Waals surface area contributed by atoms with Crippen molar-refractivity contribution >= 4 is 0 Å². The van der Waals surface area contributed by atoms with Crippen molar-refractivity contribution in [2.45, 2.75) is 61.3 Å². The highest BCUT2D eigenvalue weighted by atomic mass is 16.8. The summed E-state index contributed by atoms with van der Waals surface area (Å²) in [5, 5.41) is 67.1. The monoisotopic (exact) mass is 341 g/mol. The predicted octanol–water partition coefficient (Wildman–Crippen LogP) is -5.43. The Morgan fingerprint density at radius 3 is 1.70 bits per heavy atom. The van der Waals surface area contributed by atoms with E-state index in [-0.39, 0.29) is 0 Å².